The Kier molecular flexibility index (Phi) is 4.11. The van der Waals surface area contributed by atoms with Crippen LogP contribution in [0.15, 0.2) is 0 Å². The summed E-state index contributed by atoms with van der Waals surface area (Å²) >= 11 is 0. The zero-order valence-corrected chi connectivity index (χ0v) is 8.91. The van der Waals surface area contributed by atoms with Crippen molar-refractivity contribution in [3.8, 4) is 0 Å². The quantitative estimate of drug-likeness (QED) is 0.514. The molecule has 0 spiro atoms. The second kappa shape index (κ2) is 5.13. The van der Waals surface area contributed by atoms with Gasteiger partial charge in [-0.25, -0.2) is 0 Å². The van der Waals surface area contributed by atoms with Gasteiger partial charge in [0.25, 0.3) is 0 Å². The smallest absolute Gasteiger partial charge is 0.313 e. The van der Waals surface area contributed by atoms with Gasteiger partial charge in [0.1, 0.15) is 12.2 Å². The van der Waals surface area contributed by atoms with E-state index in [1.165, 1.54) is 7.11 Å². The Morgan fingerprint density at radius 2 is 1.79 bits per heavy atom. The summed E-state index contributed by atoms with van der Waals surface area (Å²) in [7, 11) is 1.32. The number of methoxy groups -OCH3 is 1. The first kappa shape index (κ1) is 11.2. The van der Waals surface area contributed by atoms with Gasteiger partial charge >= 0.3 is 5.97 Å². The van der Waals surface area contributed by atoms with Crippen LogP contribution >= 0.6 is 0 Å². The molecule has 0 unspecified atom stereocenters. The highest BCUT2D eigenvalue weighted by Gasteiger charge is 2.25. The van der Waals surface area contributed by atoms with Crippen LogP contribution in [-0.4, -0.2) is 18.9 Å². The topological polar surface area (TPSA) is 43.4 Å². The molecule has 3 heteroatoms. The van der Waals surface area contributed by atoms with Crippen molar-refractivity contribution in [1.82, 2.24) is 0 Å². The van der Waals surface area contributed by atoms with E-state index in [-0.39, 0.29) is 18.1 Å². The van der Waals surface area contributed by atoms with Gasteiger partial charge in [0, 0.05) is 5.92 Å². The van der Waals surface area contributed by atoms with Crippen LogP contribution in [-0.2, 0) is 14.3 Å². The number of carbonyl (C=O) groups is 2. The molecule has 1 rings (SSSR count). The molecule has 1 fully saturated rings. The van der Waals surface area contributed by atoms with Crippen LogP contribution < -0.4 is 0 Å². The van der Waals surface area contributed by atoms with Crippen molar-refractivity contribution in [2.24, 2.45) is 11.8 Å². The molecule has 80 valence electrons. The van der Waals surface area contributed by atoms with Gasteiger partial charge < -0.3 is 4.74 Å². The van der Waals surface area contributed by atoms with Crippen molar-refractivity contribution in [3.05, 3.63) is 0 Å². The van der Waals surface area contributed by atoms with Crippen LogP contribution in [0.5, 0.6) is 0 Å². The molecule has 14 heavy (non-hydrogen) atoms. The fourth-order valence-electron chi connectivity index (χ4n) is 1.94. The SMILES string of the molecule is COC(=O)CC(=O)C1CCC(C)CC1. The third kappa shape index (κ3) is 3.13. The van der Waals surface area contributed by atoms with E-state index >= 15 is 0 Å². The molecule has 0 saturated heterocycles. The normalized spacial score (nSPS) is 27.0. The number of ketones is 1. The third-order valence-corrected chi connectivity index (χ3v) is 3.02. The highest BCUT2D eigenvalue weighted by molar-refractivity contribution is 5.96. The van der Waals surface area contributed by atoms with Gasteiger partial charge in [0.2, 0.25) is 0 Å². The van der Waals surface area contributed by atoms with E-state index in [1.807, 2.05) is 0 Å². The standard InChI is InChI=1S/C11H18O3/c1-8-3-5-9(6-4-8)10(12)7-11(13)14-2/h8-9H,3-7H2,1-2H3. The van der Waals surface area contributed by atoms with E-state index in [0.717, 1.165) is 31.6 Å². The van der Waals surface area contributed by atoms with Crippen molar-refractivity contribution in [2.45, 2.75) is 39.0 Å². The molecule has 0 aromatic rings. The Hall–Kier alpha value is -0.860. The van der Waals surface area contributed by atoms with Gasteiger partial charge in [0.15, 0.2) is 0 Å². The van der Waals surface area contributed by atoms with E-state index < -0.39 is 5.97 Å². The van der Waals surface area contributed by atoms with Crippen molar-refractivity contribution in [3.63, 3.8) is 0 Å². The predicted octanol–water partition coefficient (Wildman–Crippen LogP) is 1.94. The molecule has 0 bridgehead atoms. The lowest BCUT2D eigenvalue weighted by Crippen LogP contribution is -2.23. The highest BCUT2D eigenvalue weighted by Crippen LogP contribution is 2.29. The first-order valence-corrected chi connectivity index (χ1v) is 5.23. The van der Waals surface area contributed by atoms with Crippen molar-refractivity contribution in [2.75, 3.05) is 7.11 Å². The number of rotatable bonds is 3. The summed E-state index contributed by atoms with van der Waals surface area (Å²) in [6.45, 7) is 2.21. The zero-order chi connectivity index (χ0) is 10.6. The summed E-state index contributed by atoms with van der Waals surface area (Å²) in [6.07, 6.45) is 4.05. The number of hydrogen-bond donors (Lipinski definition) is 0. The molecule has 0 aromatic carbocycles. The molecule has 0 aromatic heterocycles. The Balaban J connectivity index is 2.34. The van der Waals surface area contributed by atoms with Crippen molar-refractivity contribution < 1.29 is 14.3 Å². The van der Waals surface area contributed by atoms with Crippen LogP contribution in [0.1, 0.15) is 39.0 Å². The van der Waals surface area contributed by atoms with Gasteiger partial charge in [0.05, 0.1) is 7.11 Å². The van der Waals surface area contributed by atoms with Crippen LogP contribution in [0.2, 0.25) is 0 Å². The van der Waals surface area contributed by atoms with Crippen LogP contribution in [0.4, 0.5) is 0 Å². The Bertz CT molecular complexity index is 215. The van der Waals surface area contributed by atoms with Gasteiger partial charge in [-0.2, -0.15) is 0 Å². The molecule has 1 aliphatic rings. The lowest BCUT2D eigenvalue weighted by molar-refractivity contribution is -0.144. The molecule has 0 amide bonds. The van der Waals surface area contributed by atoms with Gasteiger partial charge in [-0.05, 0) is 18.8 Å². The molecule has 0 radical (unpaired) electrons. The van der Waals surface area contributed by atoms with E-state index in [0.29, 0.717) is 0 Å². The van der Waals surface area contributed by atoms with Gasteiger partial charge in [-0.3, -0.25) is 9.59 Å². The van der Waals surface area contributed by atoms with E-state index in [2.05, 4.69) is 11.7 Å². The summed E-state index contributed by atoms with van der Waals surface area (Å²) in [5, 5.41) is 0. The molecule has 0 heterocycles. The fourth-order valence-corrected chi connectivity index (χ4v) is 1.94. The molecule has 3 nitrogen and oxygen atoms in total. The molecule has 1 aliphatic carbocycles. The maximum atomic E-state index is 11.6. The minimum atomic E-state index is -0.409. The van der Waals surface area contributed by atoms with Crippen LogP contribution in [0, 0.1) is 11.8 Å². The molecule has 1 saturated carbocycles. The average molecular weight is 198 g/mol. The molecule has 0 atom stereocenters. The van der Waals surface area contributed by atoms with Crippen molar-refractivity contribution in [1.29, 1.82) is 0 Å². The zero-order valence-electron chi connectivity index (χ0n) is 8.91. The second-order valence-corrected chi connectivity index (χ2v) is 4.18. The van der Waals surface area contributed by atoms with Crippen LogP contribution in [0.25, 0.3) is 0 Å². The Labute approximate surface area is 84.8 Å². The first-order valence-electron chi connectivity index (χ1n) is 5.23. The summed E-state index contributed by atoms with van der Waals surface area (Å²) in [5.74, 6) is 0.486. The second-order valence-electron chi connectivity index (χ2n) is 4.18. The molecular formula is C11H18O3. The minimum absolute atomic E-state index is 0.0461. The molecular weight excluding hydrogens is 180 g/mol. The summed E-state index contributed by atoms with van der Waals surface area (Å²) in [5.41, 5.74) is 0. The lowest BCUT2D eigenvalue weighted by Gasteiger charge is -2.24. The molecule has 0 N–H and O–H groups in total. The molecule has 0 aliphatic heterocycles. The summed E-state index contributed by atoms with van der Waals surface area (Å²) < 4.78 is 4.47. The van der Waals surface area contributed by atoms with E-state index in [9.17, 15) is 9.59 Å². The number of carbonyl (C=O) groups excluding carboxylic acids is 2. The van der Waals surface area contributed by atoms with Crippen LogP contribution in [0.3, 0.4) is 0 Å². The van der Waals surface area contributed by atoms with E-state index in [1.54, 1.807) is 0 Å². The maximum absolute atomic E-state index is 11.6. The Morgan fingerprint density at radius 3 is 2.29 bits per heavy atom. The highest BCUT2D eigenvalue weighted by atomic mass is 16.5. The van der Waals surface area contributed by atoms with Gasteiger partial charge in [-0.15, -0.1) is 0 Å². The Morgan fingerprint density at radius 1 is 1.21 bits per heavy atom. The predicted molar refractivity (Wildman–Crippen MR) is 52.8 cm³/mol. The van der Waals surface area contributed by atoms with Crippen molar-refractivity contribution >= 4 is 11.8 Å². The van der Waals surface area contributed by atoms with E-state index in [4.69, 9.17) is 0 Å². The first-order chi connectivity index (χ1) is 6.63. The average Bonchev–Trinajstić information content (AvgIpc) is 2.18. The maximum Gasteiger partial charge on any atom is 0.313 e. The summed E-state index contributed by atoms with van der Waals surface area (Å²) in [6, 6.07) is 0. The minimum Gasteiger partial charge on any atom is -0.469 e. The monoisotopic (exact) mass is 198 g/mol. The lowest BCUT2D eigenvalue weighted by atomic mass is 9.80. The number of ether oxygens (including phenoxy) is 1. The number of hydrogen-bond acceptors (Lipinski definition) is 3. The number of Topliss-reactive ketones (excluding diaryl/α,β-unsaturated/α-hetero) is 1. The fraction of sp³-hybridized carbons (Fsp3) is 0.818. The third-order valence-electron chi connectivity index (χ3n) is 3.02. The van der Waals surface area contributed by atoms with Gasteiger partial charge in [-0.1, -0.05) is 19.8 Å². The largest absolute Gasteiger partial charge is 0.469 e. The number of esters is 1. The summed E-state index contributed by atoms with van der Waals surface area (Å²) in [4.78, 5) is 22.5.